The van der Waals surface area contributed by atoms with E-state index in [1.807, 2.05) is 53.9 Å². The lowest BCUT2D eigenvalue weighted by molar-refractivity contribution is -0.131. The van der Waals surface area contributed by atoms with Crippen molar-refractivity contribution in [3.63, 3.8) is 0 Å². The first-order valence-corrected chi connectivity index (χ1v) is 17.5. The second kappa shape index (κ2) is 12.4. The molecule has 8 heteroatoms. The summed E-state index contributed by atoms with van der Waals surface area (Å²) in [7, 11) is 0. The Morgan fingerprint density at radius 3 is 1.19 bits per heavy atom. The Morgan fingerprint density at radius 1 is 0.604 bits per heavy atom. The van der Waals surface area contributed by atoms with Gasteiger partial charge in [0.25, 0.3) is 0 Å². The number of nitrogens with zero attached hydrogens (tertiary/aromatic N) is 2. The number of hydrogen-bond acceptors (Lipinski definition) is 4. The number of H-pyrrole nitrogens is 2. The monoisotopic (exact) mass is 648 g/mol. The number of carbonyl (C=O) groups is 2. The number of benzene rings is 2. The van der Waals surface area contributed by atoms with E-state index in [1.54, 1.807) is 0 Å². The van der Waals surface area contributed by atoms with Gasteiger partial charge in [-0.3, -0.25) is 9.59 Å². The van der Waals surface area contributed by atoms with Crippen LogP contribution in [0.1, 0.15) is 118 Å². The van der Waals surface area contributed by atoms with Crippen molar-refractivity contribution in [2.24, 2.45) is 21.7 Å². The maximum Gasteiger partial charge on any atom is 0.225 e. The molecule has 0 bridgehead atoms. The first-order chi connectivity index (χ1) is 22.6. The number of rotatable bonds is 9. The van der Waals surface area contributed by atoms with Crippen LogP contribution in [0.15, 0.2) is 60.9 Å². The third-order valence-electron chi connectivity index (χ3n) is 10.8. The van der Waals surface area contributed by atoms with Gasteiger partial charge >= 0.3 is 0 Å². The Bertz CT molecular complexity index is 1630. The minimum absolute atomic E-state index is 0.00244. The van der Waals surface area contributed by atoms with E-state index in [2.05, 4.69) is 83.0 Å². The summed E-state index contributed by atoms with van der Waals surface area (Å²) in [6.07, 6.45) is 10.4. The summed E-state index contributed by atoms with van der Waals surface area (Å²) in [5, 5.41) is 6.61. The van der Waals surface area contributed by atoms with Gasteiger partial charge in [-0.15, -0.1) is 0 Å². The first kappa shape index (κ1) is 33.7. The van der Waals surface area contributed by atoms with Gasteiger partial charge in [-0.1, -0.05) is 117 Å². The van der Waals surface area contributed by atoms with Gasteiger partial charge in [0.2, 0.25) is 11.8 Å². The molecule has 2 fully saturated rings. The van der Waals surface area contributed by atoms with Gasteiger partial charge in [-0.05, 0) is 58.8 Å². The highest BCUT2D eigenvalue weighted by atomic mass is 16.2. The number of aromatic amines is 2. The second-order valence-corrected chi connectivity index (χ2v) is 16.8. The lowest BCUT2D eigenvalue weighted by Crippen LogP contribution is -2.47. The molecule has 48 heavy (non-hydrogen) atoms. The summed E-state index contributed by atoms with van der Waals surface area (Å²) in [5.41, 5.74) is 5.28. The highest BCUT2D eigenvalue weighted by molar-refractivity contribution is 5.82. The molecule has 2 aromatic carbocycles. The van der Waals surface area contributed by atoms with Gasteiger partial charge in [0.15, 0.2) is 0 Å². The van der Waals surface area contributed by atoms with Gasteiger partial charge < -0.3 is 20.6 Å². The van der Waals surface area contributed by atoms with Crippen molar-refractivity contribution in [2.45, 2.75) is 106 Å². The van der Waals surface area contributed by atoms with E-state index >= 15 is 0 Å². The summed E-state index contributed by atoms with van der Waals surface area (Å²) < 4.78 is 0. The highest BCUT2D eigenvalue weighted by Crippen LogP contribution is 2.50. The molecular formula is C40H52N6O2. The fourth-order valence-corrected chi connectivity index (χ4v) is 6.83. The summed E-state index contributed by atoms with van der Waals surface area (Å²) >= 11 is 0. The molecule has 4 aromatic rings. The Hall–Kier alpha value is -4.20. The Morgan fingerprint density at radius 2 is 0.917 bits per heavy atom. The van der Waals surface area contributed by atoms with Crippen LogP contribution in [0, 0.1) is 21.7 Å². The van der Waals surface area contributed by atoms with Crippen molar-refractivity contribution in [1.29, 1.82) is 0 Å². The summed E-state index contributed by atoms with van der Waals surface area (Å²) in [4.78, 5) is 42.5. The average Bonchev–Trinajstić information content (AvgIpc) is 3.70. The van der Waals surface area contributed by atoms with Crippen molar-refractivity contribution in [3.8, 4) is 33.6 Å². The number of imidazole rings is 2. The molecule has 2 unspecified atom stereocenters. The van der Waals surface area contributed by atoms with E-state index in [1.165, 1.54) is 12.8 Å². The smallest absolute Gasteiger partial charge is 0.225 e. The van der Waals surface area contributed by atoms with E-state index < -0.39 is 10.8 Å². The molecule has 4 N–H and O–H groups in total. The molecule has 2 aliphatic rings. The molecule has 2 amide bonds. The van der Waals surface area contributed by atoms with Crippen LogP contribution < -0.4 is 10.6 Å². The quantitative estimate of drug-likeness (QED) is 0.145. The zero-order valence-corrected chi connectivity index (χ0v) is 29.9. The normalized spacial score (nSPS) is 18.2. The average molecular weight is 649 g/mol. The molecule has 0 aliphatic heterocycles. The Labute approximate surface area is 285 Å². The highest BCUT2D eigenvalue weighted by Gasteiger charge is 2.45. The second-order valence-electron chi connectivity index (χ2n) is 16.8. The van der Waals surface area contributed by atoms with Crippen molar-refractivity contribution >= 4 is 11.8 Å². The number of aromatic nitrogens is 4. The largest absolute Gasteiger partial charge is 0.345 e. The molecular weight excluding hydrogens is 596 g/mol. The molecule has 2 aromatic heterocycles. The van der Waals surface area contributed by atoms with Crippen LogP contribution in [0.5, 0.6) is 0 Å². The van der Waals surface area contributed by atoms with Crippen molar-refractivity contribution < 1.29 is 9.59 Å². The van der Waals surface area contributed by atoms with Gasteiger partial charge in [0.1, 0.15) is 11.6 Å². The molecule has 6 rings (SSSR count). The zero-order chi connectivity index (χ0) is 34.5. The third kappa shape index (κ3) is 6.71. The number of nitrogens with one attached hydrogen (secondary N) is 4. The van der Waals surface area contributed by atoms with Crippen LogP contribution >= 0.6 is 0 Å². The zero-order valence-electron chi connectivity index (χ0n) is 29.9. The molecule has 2 atom stereocenters. The molecule has 0 spiro atoms. The molecule has 0 saturated heterocycles. The minimum Gasteiger partial charge on any atom is -0.345 e. The summed E-state index contributed by atoms with van der Waals surface area (Å²) in [6, 6.07) is 16.7. The maximum atomic E-state index is 13.0. The predicted molar refractivity (Wildman–Crippen MR) is 192 cm³/mol. The Balaban J connectivity index is 1.16. The topological polar surface area (TPSA) is 116 Å². The molecule has 8 nitrogen and oxygen atoms in total. The molecule has 254 valence electrons. The van der Waals surface area contributed by atoms with Crippen LogP contribution in [-0.4, -0.2) is 31.8 Å². The van der Waals surface area contributed by atoms with Crippen LogP contribution in [0.25, 0.3) is 33.6 Å². The fourth-order valence-electron chi connectivity index (χ4n) is 6.83. The maximum absolute atomic E-state index is 13.0. The van der Waals surface area contributed by atoms with Crippen molar-refractivity contribution in [1.82, 2.24) is 30.6 Å². The summed E-state index contributed by atoms with van der Waals surface area (Å²) in [6.45, 7) is 16.2. The van der Waals surface area contributed by atoms with E-state index in [4.69, 9.17) is 9.97 Å². The molecule has 2 saturated carbocycles. The number of carbonyl (C=O) groups excluding carboxylic acids is 2. The minimum atomic E-state index is -0.467. The van der Waals surface area contributed by atoms with E-state index in [0.29, 0.717) is 0 Å². The lowest BCUT2D eigenvalue weighted by atomic mass is 9.65. The lowest BCUT2D eigenvalue weighted by Gasteiger charge is -2.45. The Kier molecular flexibility index (Phi) is 8.67. The first-order valence-electron chi connectivity index (χ1n) is 17.5. The van der Waals surface area contributed by atoms with E-state index in [0.717, 1.165) is 71.0 Å². The van der Waals surface area contributed by atoms with Gasteiger partial charge in [0, 0.05) is 10.8 Å². The van der Waals surface area contributed by atoms with Crippen LogP contribution in [0.4, 0.5) is 0 Å². The number of hydrogen-bond donors (Lipinski definition) is 4. The van der Waals surface area contributed by atoms with E-state index in [9.17, 15) is 9.59 Å². The van der Waals surface area contributed by atoms with Crippen molar-refractivity contribution in [3.05, 3.63) is 72.6 Å². The number of amides is 2. The third-order valence-corrected chi connectivity index (χ3v) is 10.8. The van der Waals surface area contributed by atoms with Gasteiger partial charge in [-0.2, -0.15) is 0 Å². The SMILES string of the molecule is CC(C)(C)C(=O)NC(c1ncc(-c2ccc(-c3ccc(-c4cnc(C(NC(=O)C(C)(C)C)C5(C)CCC5)[nH]4)cc3)cc2)[nH]1)C1(C)CCC1. The molecule has 0 radical (unpaired) electrons. The van der Waals surface area contributed by atoms with Crippen LogP contribution in [0.3, 0.4) is 0 Å². The van der Waals surface area contributed by atoms with Crippen molar-refractivity contribution in [2.75, 3.05) is 0 Å². The van der Waals surface area contributed by atoms with Crippen LogP contribution in [0.2, 0.25) is 0 Å². The van der Waals surface area contributed by atoms with E-state index in [-0.39, 0.29) is 34.7 Å². The fraction of sp³-hybridized carbons (Fsp3) is 0.500. The molecule has 2 aliphatic carbocycles. The summed E-state index contributed by atoms with van der Waals surface area (Å²) in [5.74, 6) is 1.71. The predicted octanol–water partition coefficient (Wildman–Crippen LogP) is 8.92. The van der Waals surface area contributed by atoms with Gasteiger partial charge in [0.05, 0.1) is 35.9 Å². The standard InChI is InChI=1S/C40H52N6O2/c1-37(2,3)35(47)45-31(39(7)19-9-20-39)33-41-23-29(43-33)27-15-11-25(12-16-27)26-13-17-28(18-14-26)30-24-42-34(44-30)32(40(8)21-10-22-40)46-36(48)38(4,5)6/h11-18,23-24,31-32H,9-10,19-22H2,1-8H3,(H,41,43)(H,42,44)(H,45,47)(H,46,48). The molecule has 2 heterocycles. The van der Waals surface area contributed by atoms with Gasteiger partial charge in [-0.25, -0.2) is 9.97 Å². The van der Waals surface area contributed by atoms with Crippen LogP contribution in [-0.2, 0) is 9.59 Å².